The Balaban J connectivity index is 0.00000156. The average molecular weight is 392 g/mol. The van der Waals surface area contributed by atoms with Crippen LogP contribution in [-0.2, 0) is 4.79 Å². The number of nitrogens with one attached hydrogen (secondary N) is 1. The zero-order valence-electron chi connectivity index (χ0n) is 14.4. The number of rotatable bonds is 3. The van der Waals surface area contributed by atoms with Gasteiger partial charge in [0.1, 0.15) is 5.82 Å². The van der Waals surface area contributed by atoms with Crippen molar-refractivity contribution >= 4 is 36.4 Å². The van der Waals surface area contributed by atoms with Crippen LogP contribution in [0.3, 0.4) is 0 Å². The molecule has 1 saturated heterocycles. The van der Waals surface area contributed by atoms with Gasteiger partial charge in [-0.3, -0.25) is 4.79 Å². The third-order valence-corrected chi connectivity index (χ3v) is 5.13. The number of halogens is 3. The summed E-state index contributed by atoms with van der Waals surface area (Å²) in [7, 11) is 0. The summed E-state index contributed by atoms with van der Waals surface area (Å²) in [6.07, 6.45) is 6.72. The minimum absolute atomic E-state index is 0. The van der Waals surface area contributed by atoms with Crippen molar-refractivity contribution in [3.05, 3.63) is 30.1 Å². The molecule has 1 heterocycles. The van der Waals surface area contributed by atoms with Crippen molar-refractivity contribution < 1.29 is 9.18 Å². The van der Waals surface area contributed by atoms with E-state index in [2.05, 4.69) is 10.2 Å². The highest BCUT2D eigenvalue weighted by Gasteiger charge is 2.36. The highest BCUT2D eigenvalue weighted by Crippen LogP contribution is 2.27. The second-order valence-corrected chi connectivity index (χ2v) is 6.96. The van der Waals surface area contributed by atoms with Crippen molar-refractivity contribution in [2.24, 2.45) is 5.73 Å². The Morgan fingerprint density at radius 1 is 1.20 bits per heavy atom. The Kier molecular flexibility index (Phi) is 8.45. The van der Waals surface area contributed by atoms with Gasteiger partial charge in [-0.25, -0.2) is 4.39 Å². The van der Waals surface area contributed by atoms with Crippen LogP contribution in [0.5, 0.6) is 0 Å². The molecule has 142 valence electrons. The number of hydrogen-bond acceptors (Lipinski definition) is 3. The molecule has 1 amide bonds. The zero-order chi connectivity index (χ0) is 16.3. The predicted molar refractivity (Wildman–Crippen MR) is 104 cm³/mol. The number of hydrogen-bond donors (Lipinski definition) is 2. The standard InChI is InChI=1S/C18H26FN3O.2ClH/c19-14-6-4-8-16(12-14)22-11-5-7-15(13-22)21-17(23)18(20)9-2-1-3-10-18;;/h4,6,8,12,15H,1-3,5,7,9-11,13,20H2,(H,21,23);2*1H. The molecule has 1 saturated carbocycles. The number of amides is 1. The number of carbonyl (C=O) groups is 1. The molecule has 1 aliphatic carbocycles. The SMILES string of the molecule is Cl.Cl.NC1(C(=O)NC2CCCN(c3cccc(F)c3)C2)CCCCC1. The Hall–Kier alpha value is -1.04. The summed E-state index contributed by atoms with van der Waals surface area (Å²) in [6, 6.07) is 6.73. The maximum atomic E-state index is 13.4. The van der Waals surface area contributed by atoms with Gasteiger partial charge in [0.25, 0.3) is 0 Å². The van der Waals surface area contributed by atoms with E-state index >= 15 is 0 Å². The molecule has 2 fully saturated rings. The highest BCUT2D eigenvalue weighted by atomic mass is 35.5. The van der Waals surface area contributed by atoms with E-state index in [1.165, 1.54) is 12.5 Å². The van der Waals surface area contributed by atoms with Crippen LogP contribution in [0.4, 0.5) is 10.1 Å². The van der Waals surface area contributed by atoms with E-state index in [0.717, 1.165) is 50.8 Å². The predicted octanol–water partition coefficient (Wildman–Crippen LogP) is 3.42. The van der Waals surface area contributed by atoms with Gasteiger partial charge in [-0.1, -0.05) is 25.3 Å². The van der Waals surface area contributed by atoms with E-state index in [1.807, 2.05) is 6.07 Å². The minimum atomic E-state index is -0.695. The smallest absolute Gasteiger partial charge is 0.240 e. The molecule has 2 aliphatic rings. The molecule has 1 aliphatic heterocycles. The first kappa shape index (κ1) is 22.0. The maximum Gasteiger partial charge on any atom is 0.240 e. The van der Waals surface area contributed by atoms with Gasteiger partial charge in [0.05, 0.1) is 5.54 Å². The lowest BCUT2D eigenvalue weighted by Gasteiger charge is -2.38. The second kappa shape index (κ2) is 9.60. The van der Waals surface area contributed by atoms with Gasteiger partial charge >= 0.3 is 0 Å². The van der Waals surface area contributed by atoms with Gasteiger partial charge in [-0.15, -0.1) is 24.8 Å². The monoisotopic (exact) mass is 391 g/mol. The van der Waals surface area contributed by atoms with Crippen molar-refractivity contribution in [2.45, 2.75) is 56.5 Å². The van der Waals surface area contributed by atoms with Gasteiger partial charge in [0.15, 0.2) is 0 Å². The first-order valence-electron chi connectivity index (χ1n) is 8.67. The highest BCUT2D eigenvalue weighted by molar-refractivity contribution is 5.86. The van der Waals surface area contributed by atoms with Gasteiger partial charge in [-0.05, 0) is 43.9 Å². The fourth-order valence-electron chi connectivity index (χ4n) is 3.74. The maximum absolute atomic E-state index is 13.4. The van der Waals surface area contributed by atoms with Crippen LogP contribution in [0.25, 0.3) is 0 Å². The number of nitrogens with zero attached hydrogens (tertiary/aromatic N) is 1. The number of benzene rings is 1. The van der Waals surface area contributed by atoms with E-state index in [9.17, 15) is 9.18 Å². The van der Waals surface area contributed by atoms with E-state index in [1.54, 1.807) is 12.1 Å². The molecule has 0 spiro atoms. The molecule has 1 unspecified atom stereocenters. The second-order valence-electron chi connectivity index (χ2n) is 6.96. The van der Waals surface area contributed by atoms with Crippen LogP contribution in [0.1, 0.15) is 44.9 Å². The largest absolute Gasteiger partial charge is 0.369 e. The van der Waals surface area contributed by atoms with Gasteiger partial charge in [0.2, 0.25) is 5.91 Å². The molecule has 1 atom stereocenters. The van der Waals surface area contributed by atoms with E-state index in [4.69, 9.17) is 5.73 Å². The van der Waals surface area contributed by atoms with Crippen molar-refractivity contribution in [3.63, 3.8) is 0 Å². The molecule has 3 N–H and O–H groups in total. The first-order chi connectivity index (χ1) is 11.1. The molecular weight excluding hydrogens is 364 g/mol. The fourth-order valence-corrected chi connectivity index (χ4v) is 3.74. The molecule has 25 heavy (non-hydrogen) atoms. The van der Waals surface area contributed by atoms with Crippen LogP contribution in [0.15, 0.2) is 24.3 Å². The van der Waals surface area contributed by atoms with E-state index in [0.29, 0.717) is 6.54 Å². The number of anilines is 1. The molecule has 0 bridgehead atoms. The normalized spacial score (nSPS) is 22.3. The number of nitrogens with two attached hydrogens (primary N) is 1. The minimum Gasteiger partial charge on any atom is -0.369 e. The van der Waals surface area contributed by atoms with Gasteiger partial charge < -0.3 is 16.0 Å². The molecule has 3 rings (SSSR count). The van der Waals surface area contributed by atoms with E-state index in [-0.39, 0.29) is 42.6 Å². The quantitative estimate of drug-likeness (QED) is 0.829. The van der Waals surface area contributed by atoms with Crippen LogP contribution < -0.4 is 16.0 Å². The Morgan fingerprint density at radius 3 is 2.60 bits per heavy atom. The Morgan fingerprint density at radius 2 is 1.92 bits per heavy atom. The molecule has 1 aromatic carbocycles. The summed E-state index contributed by atoms with van der Waals surface area (Å²) in [5.74, 6) is -0.236. The summed E-state index contributed by atoms with van der Waals surface area (Å²) in [6.45, 7) is 1.61. The van der Waals surface area contributed by atoms with Crippen molar-refractivity contribution in [1.29, 1.82) is 0 Å². The molecule has 1 aromatic rings. The van der Waals surface area contributed by atoms with Crippen molar-refractivity contribution in [3.8, 4) is 0 Å². The van der Waals surface area contributed by atoms with Gasteiger partial charge in [-0.2, -0.15) is 0 Å². The first-order valence-corrected chi connectivity index (χ1v) is 8.67. The summed E-state index contributed by atoms with van der Waals surface area (Å²) >= 11 is 0. The summed E-state index contributed by atoms with van der Waals surface area (Å²) < 4.78 is 13.4. The average Bonchev–Trinajstić information content (AvgIpc) is 2.56. The van der Waals surface area contributed by atoms with E-state index < -0.39 is 5.54 Å². The molecular formula is C18H28Cl2FN3O. The third-order valence-electron chi connectivity index (χ3n) is 5.13. The van der Waals surface area contributed by atoms with Crippen molar-refractivity contribution in [1.82, 2.24) is 5.32 Å². The summed E-state index contributed by atoms with van der Waals surface area (Å²) in [4.78, 5) is 14.7. The number of carbonyl (C=O) groups excluding carboxylic acids is 1. The van der Waals surface area contributed by atoms with Gasteiger partial charge in [0, 0.05) is 24.8 Å². The lowest BCUT2D eigenvalue weighted by Crippen LogP contribution is -2.59. The summed E-state index contributed by atoms with van der Waals surface area (Å²) in [5.41, 5.74) is 6.49. The van der Waals surface area contributed by atoms with Crippen LogP contribution in [0, 0.1) is 5.82 Å². The summed E-state index contributed by atoms with van der Waals surface area (Å²) in [5, 5.41) is 3.14. The molecule has 0 aromatic heterocycles. The molecule has 0 radical (unpaired) electrons. The van der Waals surface area contributed by atoms with Crippen LogP contribution >= 0.6 is 24.8 Å². The lowest BCUT2D eigenvalue weighted by molar-refractivity contribution is -0.128. The zero-order valence-corrected chi connectivity index (χ0v) is 16.0. The van der Waals surface area contributed by atoms with Crippen molar-refractivity contribution in [2.75, 3.05) is 18.0 Å². The fraction of sp³-hybridized carbons (Fsp3) is 0.611. The Bertz CT molecular complexity index is 567. The lowest BCUT2D eigenvalue weighted by atomic mass is 9.81. The molecule has 7 heteroatoms. The Labute approximate surface area is 161 Å². The number of piperidine rings is 1. The topological polar surface area (TPSA) is 58.4 Å². The molecule has 4 nitrogen and oxygen atoms in total. The third kappa shape index (κ3) is 5.47. The van der Waals surface area contributed by atoms with Crippen LogP contribution in [0.2, 0.25) is 0 Å². The van der Waals surface area contributed by atoms with Crippen LogP contribution in [-0.4, -0.2) is 30.6 Å².